The number of rotatable bonds is 8. The van der Waals surface area contributed by atoms with Crippen molar-refractivity contribution in [2.45, 2.75) is 50.2 Å². The average molecular weight is 278 g/mol. The van der Waals surface area contributed by atoms with Crippen LogP contribution in [0.5, 0.6) is 0 Å². The molecule has 0 aromatic heterocycles. The van der Waals surface area contributed by atoms with E-state index in [1.54, 1.807) is 17.6 Å². The van der Waals surface area contributed by atoms with Crippen molar-refractivity contribution in [3.63, 3.8) is 0 Å². The van der Waals surface area contributed by atoms with E-state index in [0.717, 1.165) is 18.9 Å². The lowest BCUT2D eigenvalue weighted by atomic mass is 10.0. The topological polar surface area (TPSA) is 9.23 Å². The van der Waals surface area contributed by atoms with Crippen molar-refractivity contribution >= 4 is 11.8 Å². The molecule has 2 heteroatoms. The van der Waals surface area contributed by atoms with Crippen LogP contribution in [0, 0.1) is 5.92 Å². The lowest BCUT2D eigenvalue weighted by molar-refractivity contribution is 0.196. The first-order chi connectivity index (χ1) is 9.35. The minimum absolute atomic E-state index is 0.592. The summed E-state index contributed by atoms with van der Waals surface area (Å²) in [5.74, 6) is 0.816. The summed E-state index contributed by atoms with van der Waals surface area (Å²) in [7, 11) is 1.80. The summed E-state index contributed by atoms with van der Waals surface area (Å²) in [6, 6.07) is 0. The Morgan fingerprint density at radius 2 is 2.37 bits per heavy atom. The molecule has 1 fully saturated rings. The van der Waals surface area contributed by atoms with Crippen LogP contribution < -0.4 is 0 Å². The predicted molar refractivity (Wildman–Crippen MR) is 85.4 cm³/mol. The second kappa shape index (κ2) is 7.96. The fourth-order valence-electron chi connectivity index (χ4n) is 2.68. The summed E-state index contributed by atoms with van der Waals surface area (Å²) in [4.78, 5) is 1.60. The van der Waals surface area contributed by atoms with E-state index in [1.807, 2.05) is 6.08 Å². The molecule has 0 aromatic carbocycles. The van der Waals surface area contributed by atoms with Crippen LogP contribution in [0.25, 0.3) is 0 Å². The van der Waals surface area contributed by atoms with Crippen LogP contribution >= 0.6 is 11.8 Å². The number of hydrogen-bond acceptors (Lipinski definition) is 2. The molecule has 2 rings (SSSR count). The Bertz CT molecular complexity index is 352. The van der Waals surface area contributed by atoms with E-state index < -0.39 is 0 Å². The fourth-order valence-corrected chi connectivity index (χ4v) is 4.14. The Kier molecular flexibility index (Phi) is 6.25. The first-order valence-corrected chi connectivity index (χ1v) is 8.40. The molecule has 0 saturated heterocycles. The van der Waals surface area contributed by atoms with Crippen molar-refractivity contribution in [1.82, 2.24) is 0 Å². The molecule has 0 radical (unpaired) electrons. The van der Waals surface area contributed by atoms with Crippen molar-refractivity contribution in [2.75, 3.05) is 13.7 Å². The molecule has 1 atom stereocenters. The number of allylic oxidation sites excluding steroid dienone is 4. The summed E-state index contributed by atoms with van der Waals surface area (Å²) in [6.45, 7) is 4.74. The van der Waals surface area contributed by atoms with Crippen LogP contribution in [-0.4, -0.2) is 19.0 Å². The SMILES string of the molecule is C=C/C=C(/C1CC1)C(CCOC)SC1=CCCCC1. The second-order valence-corrected chi connectivity index (χ2v) is 6.81. The molecule has 0 N–H and O–H groups in total. The van der Waals surface area contributed by atoms with Crippen molar-refractivity contribution in [3.05, 3.63) is 35.3 Å². The van der Waals surface area contributed by atoms with Gasteiger partial charge in [0.1, 0.15) is 0 Å². The lowest BCUT2D eigenvalue weighted by Crippen LogP contribution is -2.12. The molecule has 2 aliphatic rings. The van der Waals surface area contributed by atoms with Gasteiger partial charge >= 0.3 is 0 Å². The minimum Gasteiger partial charge on any atom is -0.385 e. The number of hydrogen-bond donors (Lipinski definition) is 0. The van der Waals surface area contributed by atoms with Crippen molar-refractivity contribution in [2.24, 2.45) is 5.92 Å². The normalized spacial score (nSPS) is 21.9. The molecule has 0 aliphatic heterocycles. The predicted octanol–water partition coefficient (Wildman–Crippen LogP) is 5.11. The molecule has 19 heavy (non-hydrogen) atoms. The van der Waals surface area contributed by atoms with E-state index in [9.17, 15) is 0 Å². The van der Waals surface area contributed by atoms with Crippen LogP contribution in [0.15, 0.2) is 35.3 Å². The van der Waals surface area contributed by atoms with Gasteiger partial charge in [-0.15, -0.1) is 11.8 Å². The molecular weight excluding hydrogens is 252 g/mol. The molecule has 2 aliphatic carbocycles. The molecule has 1 unspecified atom stereocenters. The maximum atomic E-state index is 5.30. The van der Waals surface area contributed by atoms with Crippen LogP contribution in [0.3, 0.4) is 0 Å². The van der Waals surface area contributed by atoms with Crippen molar-refractivity contribution < 1.29 is 4.74 Å². The van der Waals surface area contributed by atoms with E-state index in [4.69, 9.17) is 4.74 Å². The van der Waals surface area contributed by atoms with Gasteiger partial charge in [0.2, 0.25) is 0 Å². The van der Waals surface area contributed by atoms with Gasteiger partial charge in [0.25, 0.3) is 0 Å². The quantitative estimate of drug-likeness (QED) is 0.571. The minimum atomic E-state index is 0.592. The summed E-state index contributed by atoms with van der Waals surface area (Å²) < 4.78 is 5.30. The van der Waals surface area contributed by atoms with Gasteiger partial charge in [0.15, 0.2) is 0 Å². The second-order valence-electron chi connectivity index (χ2n) is 5.48. The zero-order valence-corrected chi connectivity index (χ0v) is 12.9. The first kappa shape index (κ1) is 14.9. The average Bonchev–Trinajstić information content (AvgIpc) is 3.27. The third kappa shape index (κ3) is 4.85. The smallest absolute Gasteiger partial charge is 0.0476 e. The molecule has 1 nitrogen and oxygen atoms in total. The van der Waals surface area contributed by atoms with Gasteiger partial charge in [-0.3, -0.25) is 0 Å². The Labute approximate surface area is 122 Å². The van der Waals surface area contributed by atoms with Crippen LogP contribution in [0.2, 0.25) is 0 Å². The highest BCUT2D eigenvalue weighted by atomic mass is 32.2. The third-order valence-electron chi connectivity index (χ3n) is 3.86. The standard InChI is InChI=1S/C17H26OS/c1-3-7-16(14-10-11-14)17(12-13-18-2)19-15-8-5-4-6-9-15/h3,7-8,14,17H,1,4-6,9-13H2,2H3/b16-7-. The highest BCUT2D eigenvalue weighted by Crippen LogP contribution is 2.45. The molecule has 0 heterocycles. The molecule has 0 aromatic rings. The van der Waals surface area contributed by atoms with Gasteiger partial charge < -0.3 is 4.74 Å². The van der Waals surface area contributed by atoms with Gasteiger partial charge in [-0.2, -0.15) is 0 Å². The Balaban J connectivity index is 2.02. The third-order valence-corrected chi connectivity index (χ3v) is 5.32. The largest absolute Gasteiger partial charge is 0.385 e. The number of ether oxygens (including phenoxy) is 1. The van der Waals surface area contributed by atoms with Crippen LogP contribution in [-0.2, 0) is 4.74 Å². The van der Waals surface area contributed by atoms with Gasteiger partial charge in [-0.1, -0.05) is 30.4 Å². The van der Waals surface area contributed by atoms with Gasteiger partial charge in [0.05, 0.1) is 0 Å². The highest BCUT2D eigenvalue weighted by Gasteiger charge is 2.31. The van der Waals surface area contributed by atoms with E-state index in [1.165, 1.54) is 38.5 Å². The van der Waals surface area contributed by atoms with E-state index in [2.05, 4.69) is 30.5 Å². The molecule has 0 spiro atoms. The van der Waals surface area contributed by atoms with E-state index >= 15 is 0 Å². The summed E-state index contributed by atoms with van der Waals surface area (Å²) >= 11 is 2.09. The lowest BCUT2D eigenvalue weighted by Gasteiger charge is -2.23. The summed E-state index contributed by atoms with van der Waals surface area (Å²) in [5, 5.41) is 0.592. The monoisotopic (exact) mass is 278 g/mol. The fraction of sp³-hybridized carbons (Fsp3) is 0.647. The molecule has 106 valence electrons. The van der Waals surface area contributed by atoms with Gasteiger partial charge in [-0.25, -0.2) is 0 Å². The van der Waals surface area contributed by atoms with E-state index in [-0.39, 0.29) is 0 Å². The van der Waals surface area contributed by atoms with Crippen LogP contribution in [0.4, 0.5) is 0 Å². The molecular formula is C17H26OS. The molecule has 0 amide bonds. The van der Waals surface area contributed by atoms with Crippen molar-refractivity contribution in [3.8, 4) is 0 Å². The molecule has 1 saturated carbocycles. The van der Waals surface area contributed by atoms with Crippen LogP contribution in [0.1, 0.15) is 44.9 Å². The molecule has 0 bridgehead atoms. The Morgan fingerprint density at radius 3 is 2.95 bits per heavy atom. The maximum Gasteiger partial charge on any atom is 0.0476 e. The number of thioether (sulfide) groups is 1. The highest BCUT2D eigenvalue weighted by molar-refractivity contribution is 8.03. The zero-order chi connectivity index (χ0) is 13.5. The maximum absolute atomic E-state index is 5.30. The van der Waals surface area contributed by atoms with Gasteiger partial charge in [0, 0.05) is 19.0 Å². The van der Waals surface area contributed by atoms with E-state index in [0.29, 0.717) is 5.25 Å². The van der Waals surface area contributed by atoms with Gasteiger partial charge in [-0.05, 0) is 55.8 Å². The summed E-state index contributed by atoms with van der Waals surface area (Å²) in [6.07, 6.45) is 15.8. The number of methoxy groups -OCH3 is 1. The van der Waals surface area contributed by atoms with Crippen molar-refractivity contribution in [1.29, 1.82) is 0 Å². The summed E-state index contributed by atoms with van der Waals surface area (Å²) in [5.41, 5.74) is 1.60. The zero-order valence-electron chi connectivity index (χ0n) is 12.1. The Morgan fingerprint density at radius 1 is 1.53 bits per heavy atom. The first-order valence-electron chi connectivity index (χ1n) is 7.52. The Hall–Kier alpha value is -0.470.